The molecular formula is C17H23N3OS. The molecule has 118 valence electrons. The van der Waals surface area contributed by atoms with Gasteiger partial charge in [-0.3, -0.25) is 4.79 Å². The van der Waals surface area contributed by atoms with E-state index in [0.29, 0.717) is 5.75 Å². The molecule has 2 aromatic rings. The number of nitrogens with zero attached hydrogens (tertiary/aromatic N) is 3. The van der Waals surface area contributed by atoms with Crippen molar-refractivity contribution in [1.82, 2.24) is 14.8 Å². The van der Waals surface area contributed by atoms with Crippen LogP contribution in [0.2, 0.25) is 0 Å². The second-order valence-corrected chi connectivity index (χ2v) is 7.21. The predicted molar refractivity (Wildman–Crippen MR) is 90.1 cm³/mol. The second-order valence-electron chi connectivity index (χ2n) is 6.27. The summed E-state index contributed by atoms with van der Waals surface area (Å²) >= 11 is 1.48. The minimum absolute atomic E-state index is 0.229. The number of thioether (sulfide) groups is 1. The summed E-state index contributed by atoms with van der Waals surface area (Å²) < 4.78 is 2.09. The summed E-state index contributed by atoms with van der Waals surface area (Å²) in [6, 6.07) is 10.2. The van der Waals surface area contributed by atoms with Gasteiger partial charge >= 0.3 is 0 Å². The number of carbonyl (C=O) groups is 1. The van der Waals surface area contributed by atoms with Crippen LogP contribution in [0.1, 0.15) is 39.1 Å². The monoisotopic (exact) mass is 317 g/mol. The lowest BCUT2D eigenvalue weighted by Gasteiger charge is -2.15. The molecular weight excluding hydrogens is 294 g/mol. The van der Waals surface area contributed by atoms with Crippen molar-refractivity contribution in [2.45, 2.75) is 45.8 Å². The average molecular weight is 317 g/mol. The van der Waals surface area contributed by atoms with E-state index in [-0.39, 0.29) is 11.2 Å². The third-order valence-corrected chi connectivity index (χ3v) is 4.45. The second kappa shape index (κ2) is 7.09. The van der Waals surface area contributed by atoms with E-state index in [0.717, 1.165) is 23.9 Å². The number of aromatic nitrogens is 3. The Balaban J connectivity index is 2.09. The SMILES string of the molecule is CCn1c(Cc2ccccc2)nnc1SCC(=O)C(C)(C)C. The van der Waals surface area contributed by atoms with Crippen LogP contribution in [-0.2, 0) is 17.8 Å². The number of ketones is 1. The summed E-state index contributed by atoms with van der Waals surface area (Å²) in [4.78, 5) is 12.1. The number of benzene rings is 1. The Morgan fingerprint density at radius 3 is 2.45 bits per heavy atom. The fourth-order valence-electron chi connectivity index (χ4n) is 2.00. The first kappa shape index (κ1) is 16.7. The van der Waals surface area contributed by atoms with Gasteiger partial charge in [-0.1, -0.05) is 62.9 Å². The van der Waals surface area contributed by atoms with Crippen LogP contribution in [0, 0.1) is 5.41 Å². The van der Waals surface area contributed by atoms with Crippen molar-refractivity contribution in [1.29, 1.82) is 0 Å². The highest BCUT2D eigenvalue weighted by molar-refractivity contribution is 7.99. The Morgan fingerprint density at radius 1 is 1.18 bits per heavy atom. The first-order valence-corrected chi connectivity index (χ1v) is 8.52. The van der Waals surface area contributed by atoms with Crippen LogP contribution in [0.4, 0.5) is 0 Å². The summed E-state index contributed by atoms with van der Waals surface area (Å²) in [6.07, 6.45) is 0.759. The average Bonchev–Trinajstić information content (AvgIpc) is 2.86. The minimum Gasteiger partial charge on any atom is -0.306 e. The first-order chi connectivity index (χ1) is 10.4. The summed E-state index contributed by atoms with van der Waals surface area (Å²) in [7, 11) is 0. The lowest BCUT2D eigenvalue weighted by molar-refractivity contribution is -0.123. The van der Waals surface area contributed by atoms with Crippen LogP contribution >= 0.6 is 11.8 Å². The van der Waals surface area contributed by atoms with E-state index in [2.05, 4.69) is 33.8 Å². The van der Waals surface area contributed by atoms with E-state index >= 15 is 0 Å². The van der Waals surface area contributed by atoms with Gasteiger partial charge in [0.25, 0.3) is 0 Å². The summed E-state index contributed by atoms with van der Waals surface area (Å²) in [5.74, 6) is 1.61. The van der Waals surface area contributed by atoms with Gasteiger partial charge in [-0.2, -0.15) is 0 Å². The van der Waals surface area contributed by atoms with Crippen LogP contribution in [0.5, 0.6) is 0 Å². The zero-order valence-corrected chi connectivity index (χ0v) is 14.5. The minimum atomic E-state index is -0.309. The van der Waals surface area contributed by atoms with Crippen molar-refractivity contribution in [2.24, 2.45) is 5.41 Å². The van der Waals surface area contributed by atoms with Crippen molar-refractivity contribution in [2.75, 3.05) is 5.75 Å². The molecule has 5 heteroatoms. The van der Waals surface area contributed by atoms with Crippen molar-refractivity contribution >= 4 is 17.5 Å². The number of Topliss-reactive ketones (excluding diaryl/α,β-unsaturated/α-hetero) is 1. The van der Waals surface area contributed by atoms with E-state index in [1.807, 2.05) is 39.0 Å². The Morgan fingerprint density at radius 2 is 1.86 bits per heavy atom. The van der Waals surface area contributed by atoms with Crippen molar-refractivity contribution in [3.8, 4) is 0 Å². The Kier molecular flexibility index (Phi) is 5.40. The largest absolute Gasteiger partial charge is 0.306 e. The van der Waals surface area contributed by atoms with Crippen molar-refractivity contribution in [3.63, 3.8) is 0 Å². The van der Waals surface area contributed by atoms with E-state index in [1.165, 1.54) is 17.3 Å². The first-order valence-electron chi connectivity index (χ1n) is 7.54. The van der Waals surface area contributed by atoms with Gasteiger partial charge in [-0.05, 0) is 12.5 Å². The highest BCUT2D eigenvalue weighted by Crippen LogP contribution is 2.23. The fraction of sp³-hybridized carbons (Fsp3) is 0.471. The maximum atomic E-state index is 12.1. The van der Waals surface area contributed by atoms with Crippen LogP contribution < -0.4 is 0 Å². The Hall–Kier alpha value is -1.62. The fourth-order valence-corrected chi connectivity index (χ4v) is 3.18. The van der Waals surface area contributed by atoms with Gasteiger partial charge in [0.05, 0.1) is 5.75 Å². The molecule has 0 amide bonds. The molecule has 1 aromatic carbocycles. The molecule has 0 unspecified atom stereocenters. The molecule has 0 bridgehead atoms. The predicted octanol–water partition coefficient (Wildman–Crippen LogP) is 3.60. The van der Waals surface area contributed by atoms with Crippen molar-refractivity contribution in [3.05, 3.63) is 41.7 Å². The number of hydrogen-bond donors (Lipinski definition) is 0. The van der Waals surface area contributed by atoms with Gasteiger partial charge in [0.15, 0.2) is 5.16 Å². The lowest BCUT2D eigenvalue weighted by Crippen LogP contribution is -2.22. The molecule has 0 aliphatic heterocycles. The van der Waals surface area contributed by atoms with Crippen LogP contribution in [0.3, 0.4) is 0 Å². The summed E-state index contributed by atoms with van der Waals surface area (Å²) in [5.41, 5.74) is 0.906. The number of hydrogen-bond acceptors (Lipinski definition) is 4. The lowest BCUT2D eigenvalue weighted by atomic mass is 9.92. The van der Waals surface area contributed by atoms with Gasteiger partial charge in [0.1, 0.15) is 11.6 Å². The molecule has 0 aliphatic carbocycles. The molecule has 1 heterocycles. The summed E-state index contributed by atoms with van der Waals surface area (Å²) in [6.45, 7) is 8.72. The molecule has 0 N–H and O–H groups in total. The Bertz CT molecular complexity index is 629. The van der Waals surface area contributed by atoms with Gasteiger partial charge in [0.2, 0.25) is 0 Å². The van der Waals surface area contributed by atoms with Crippen LogP contribution in [-0.4, -0.2) is 26.3 Å². The van der Waals surface area contributed by atoms with E-state index in [9.17, 15) is 4.79 Å². The molecule has 0 spiro atoms. The van der Waals surface area contributed by atoms with E-state index in [1.54, 1.807) is 0 Å². The topological polar surface area (TPSA) is 47.8 Å². The third kappa shape index (κ3) is 4.19. The van der Waals surface area contributed by atoms with Gasteiger partial charge in [-0.15, -0.1) is 10.2 Å². The molecule has 0 radical (unpaired) electrons. The molecule has 0 atom stereocenters. The maximum Gasteiger partial charge on any atom is 0.191 e. The standard InChI is InChI=1S/C17H23N3OS/c1-5-20-15(11-13-9-7-6-8-10-13)18-19-16(20)22-12-14(21)17(2,3)4/h6-10H,5,11-12H2,1-4H3. The molecule has 0 saturated carbocycles. The summed E-state index contributed by atoms with van der Waals surface area (Å²) in [5, 5.41) is 9.39. The molecule has 0 aliphatic rings. The number of carbonyl (C=O) groups excluding carboxylic acids is 1. The smallest absolute Gasteiger partial charge is 0.191 e. The third-order valence-electron chi connectivity index (χ3n) is 3.48. The highest BCUT2D eigenvalue weighted by atomic mass is 32.2. The Labute approximate surface area is 136 Å². The molecule has 0 fully saturated rings. The molecule has 2 rings (SSSR count). The molecule has 22 heavy (non-hydrogen) atoms. The zero-order valence-electron chi connectivity index (χ0n) is 13.7. The van der Waals surface area contributed by atoms with Crippen molar-refractivity contribution < 1.29 is 4.79 Å². The van der Waals surface area contributed by atoms with Gasteiger partial charge < -0.3 is 4.57 Å². The van der Waals surface area contributed by atoms with E-state index < -0.39 is 0 Å². The van der Waals surface area contributed by atoms with Crippen LogP contribution in [0.25, 0.3) is 0 Å². The number of rotatable bonds is 6. The quantitative estimate of drug-likeness (QED) is 0.764. The highest BCUT2D eigenvalue weighted by Gasteiger charge is 2.22. The van der Waals surface area contributed by atoms with Gasteiger partial charge in [-0.25, -0.2) is 0 Å². The van der Waals surface area contributed by atoms with Gasteiger partial charge in [0, 0.05) is 18.4 Å². The van der Waals surface area contributed by atoms with E-state index in [4.69, 9.17) is 0 Å². The molecule has 1 aromatic heterocycles. The van der Waals surface area contributed by atoms with Crippen LogP contribution in [0.15, 0.2) is 35.5 Å². The zero-order chi connectivity index (χ0) is 16.2. The molecule has 0 saturated heterocycles. The maximum absolute atomic E-state index is 12.1. The molecule has 4 nitrogen and oxygen atoms in total. The normalized spacial score (nSPS) is 11.6.